The first-order chi connectivity index (χ1) is 16.0. The Hall–Kier alpha value is -1.81. The molecule has 7 nitrogen and oxygen atoms in total. The van der Waals surface area contributed by atoms with Crippen molar-refractivity contribution in [1.29, 1.82) is 0 Å². The Bertz CT molecular complexity index is 1220. The van der Waals surface area contributed by atoms with Gasteiger partial charge in [-0.1, -0.05) is 45.2 Å². The number of sulfonamides is 1. The summed E-state index contributed by atoms with van der Waals surface area (Å²) in [4.78, 5) is 27.9. The third kappa shape index (κ3) is 8.37. The Balaban J connectivity index is 2.46. The molecule has 0 saturated carbocycles. The van der Waals surface area contributed by atoms with Crippen molar-refractivity contribution in [2.24, 2.45) is 0 Å². The third-order valence-electron chi connectivity index (χ3n) is 5.13. The van der Waals surface area contributed by atoms with Gasteiger partial charge < -0.3 is 10.2 Å². The molecule has 192 valence electrons. The molecular formula is C24H30BrCl2N3O4S. The molecule has 0 aliphatic carbocycles. The van der Waals surface area contributed by atoms with E-state index in [-0.39, 0.29) is 12.5 Å². The van der Waals surface area contributed by atoms with E-state index in [1.54, 1.807) is 43.3 Å². The molecule has 0 bridgehead atoms. The Morgan fingerprint density at radius 1 is 1.11 bits per heavy atom. The van der Waals surface area contributed by atoms with Crippen molar-refractivity contribution in [3.05, 3.63) is 62.0 Å². The highest BCUT2D eigenvalue weighted by Gasteiger charge is 2.31. The molecule has 11 heteroatoms. The molecule has 0 radical (unpaired) electrons. The highest BCUT2D eigenvalue weighted by molar-refractivity contribution is 9.10. The number of nitrogens with zero attached hydrogens (tertiary/aromatic N) is 2. The molecule has 35 heavy (non-hydrogen) atoms. The lowest BCUT2D eigenvalue weighted by molar-refractivity contribution is -0.140. The van der Waals surface area contributed by atoms with Crippen LogP contribution in [-0.4, -0.2) is 49.5 Å². The fraction of sp³-hybridized carbons (Fsp3) is 0.417. The van der Waals surface area contributed by atoms with Gasteiger partial charge in [0.2, 0.25) is 21.8 Å². The van der Waals surface area contributed by atoms with Crippen LogP contribution in [0.3, 0.4) is 0 Å². The number of carbonyl (C=O) groups excluding carboxylic acids is 2. The average molecular weight is 607 g/mol. The van der Waals surface area contributed by atoms with Gasteiger partial charge in [0.05, 0.1) is 11.9 Å². The van der Waals surface area contributed by atoms with Crippen molar-refractivity contribution in [2.45, 2.75) is 52.7 Å². The maximum Gasteiger partial charge on any atom is 0.244 e. The standard InChI is InChI=1S/C24H30BrCl2N3O4S/c1-15-11-19(9-10-20(15)25)30(35(6,33)34)14-22(31)29(16(2)23(32)28-24(3,4)5)13-17-7-8-18(26)12-21(17)27/h7-12,16H,13-14H2,1-6H3,(H,28,32)/t16-/m1/s1. The predicted molar refractivity (Wildman–Crippen MR) is 145 cm³/mol. The topological polar surface area (TPSA) is 86.8 Å². The smallest absolute Gasteiger partial charge is 0.244 e. The number of rotatable bonds is 8. The highest BCUT2D eigenvalue weighted by atomic mass is 79.9. The fourth-order valence-electron chi connectivity index (χ4n) is 3.29. The maximum atomic E-state index is 13.6. The summed E-state index contributed by atoms with van der Waals surface area (Å²) in [6.07, 6.45) is 1.04. The number of benzene rings is 2. The summed E-state index contributed by atoms with van der Waals surface area (Å²) >= 11 is 15.7. The molecule has 2 amide bonds. The minimum absolute atomic E-state index is 0.00939. The van der Waals surface area contributed by atoms with E-state index < -0.39 is 34.1 Å². The van der Waals surface area contributed by atoms with Crippen LogP contribution in [0, 0.1) is 6.92 Å². The van der Waals surface area contributed by atoms with Gasteiger partial charge in [-0.2, -0.15) is 0 Å². The van der Waals surface area contributed by atoms with Crippen molar-refractivity contribution >= 4 is 66.7 Å². The van der Waals surface area contributed by atoms with Crippen LogP contribution in [0.2, 0.25) is 10.0 Å². The van der Waals surface area contributed by atoms with Crippen LogP contribution >= 0.6 is 39.1 Å². The molecule has 2 aromatic carbocycles. The van der Waals surface area contributed by atoms with E-state index in [1.165, 1.54) is 4.90 Å². The lowest BCUT2D eigenvalue weighted by Gasteiger charge is -2.33. The zero-order valence-electron chi connectivity index (χ0n) is 20.5. The predicted octanol–water partition coefficient (Wildman–Crippen LogP) is 5.16. The lowest BCUT2D eigenvalue weighted by atomic mass is 10.1. The van der Waals surface area contributed by atoms with Gasteiger partial charge >= 0.3 is 0 Å². The number of hydrogen-bond donors (Lipinski definition) is 1. The van der Waals surface area contributed by atoms with Crippen LogP contribution in [0.5, 0.6) is 0 Å². The Morgan fingerprint density at radius 2 is 1.74 bits per heavy atom. The SMILES string of the molecule is Cc1cc(N(CC(=O)N(Cc2ccc(Cl)cc2Cl)[C@H](C)C(=O)NC(C)(C)C)S(C)(=O)=O)ccc1Br. The third-order valence-corrected chi connectivity index (χ3v) is 7.75. The summed E-state index contributed by atoms with van der Waals surface area (Å²) in [5.41, 5.74) is 1.21. The zero-order chi connectivity index (χ0) is 26.7. The van der Waals surface area contributed by atoms with Crippen molar-refractivity contribution in [1.82, 2.24) is 10.2 Å². The molecule has 0 unspecified atom stereocenters. The van der Waals surface area contributed by atoms with Gasteiger partial charge in [-0.05, 0) is 76.1 Å². The summed E-state index contributed by atoms with van der Waals surface area (Å²) in [6, 6.07) is 8.97. The summed E-state index contributed by atoms with van der Waals surface area (Å²) in [6.45, 7) is 8.42. The number of anilines is 1. The van der Waals surface area contributed by atoms with Crippen LogP contribution in [0.4, 0.5) is 5.69 Å². The number of aryl methyl sites for hydroxylation is 1. The number of amides is 2. The van der Waals surface area contributed by atoms with E-state index in [2.05, 4.69) is 21.2 Å². The lowest BCUT2D eigenvalue weighted by Crippen LogP contribution is -2.54. The summed E-state index contributed by atoms with van der Waals surface area (Å²) in [5, 5.41) is 3.64. The molecule has 1 atom stereocenters. The quantitative estimate of drug-likeness (QED) is 0.449. The second-order valence-corrected chi connectivity index (χ2v) is 13.0. The second kappa shape index (κ2) is 11.5. The minimum atomic E-state index is -3.81. The van der Waals surface area contributed by atoms with Crippen molar-refractivity contribution in [2.75, 3.05) is 17.1 Å². The molecule has 0 saturated heterocycles. The van der Waals surface area contributed by atoms with E-state index in [4.69, 9.17) is 23.2 Å². The molecular weight excluding hydrogens is 577 g/mol. The number of halogens is 3. The van der Waals surface area contributed by atoms with Gasteiger partial charge in [-0.3, -0.25) is 13.9 Å². The van der Waals surface area contributed by atoms with Crippen LogP contribution in [0.25, 0.3) is 0 Å². The van der Waals surface area contributed by atoms with Crippen LogP contribution in [0.1, 0.15) is 38.8 Å². The Morgan fingerprint density at radius 3 is 2.26 bits per heavy atom. The summed E-state index contributed by atoms with van der Waals surface area (Å²) in [5.74, 6) is -0.931. The van der Waals surface area contributed by atoms with Crippen molar-refractivity contribution in [3.8, 4) is 0 Å². The fourth-order valence-corrected chi connectivity index (χ4v) is 4.84. The van der Waals surface area contributed by atoms with Gasteiger partial charge in [-0.15, -0.1) is 0 Å². The average Bonchev–Trinajstić information content (AvgIpc) is 2.71. The van der Waals surface area contributed by atoms with E-state index in [0.29, 0.717) is 21.3 Å². The molecule has 0 aliphatic rings. The minimum Gasteiger partial charge on any atom is -0.350 e. The summed E-state index contributed by atoms with van der Waals surface area (Å²) < 4.78 is 27.2. The van der Waals surface area contributed by atoms with Gasteiger partial charge in [0.15, 0.2) is 0 Å². The van der Waals surface area contributed by atoms with Crippen molar-refractivity contribution < 1.29 is 18.0 Å². The van der Waals surface area contributed by atoms with E-state index in [9.17, 15) is 18.0 Å². The second-order valence-electron chi connectivity index (χ2n) is 9.38. The molecule has 2 aromatic rings. The highest BCUT2D eigenvalue weighted by Crippen LogP contribution is 2.26. The molecule has 0 spiro atoms. The monoisotopic (exact) mass is 605 g/mol. The molecule has 2 rings (SSSR count). The first kappa shape index (κ1) is 29.4. The molecule has 0 fully saturated rings. The van der Waals surface area contributed by atoms with Gasteiger partial charge in [0, 0.05) is 26.6 Å². The van der Waals surface area contributed by atoms with Crippen LogP contribution < -0.4 is 9.62 Å². The van der Waals surface area contributed by atoms with Gasteiger partial charge in [-0.25, -0.2) is 8.42 Å². The molecule has 0 aromatic heterocycles. The first-order valence-electron chi connectivity index (χ1n) is 10.8. The van der Waals surface area contributed by atoms with Gasteiger partial charge in [0.25, 0.3) is 0 Å². The van der Waals surface area contributed by atoms with Gasteiger partial charge in [0.1, 0.15) is 12.6 Å². The summed E-state index contributed by atoms with van der Waals surface area (Å²) in [7, 11) is -3.81. The largest absolute Gasteiger partial charge is 0.350 e. The number of hydrogen-bond acceptors (Lipinski definition) is 4. The van der Waals surface area contributed by atoms with Crippen LogP contribution in [-0.2, 0) is 26.2 Å². The normalized spacial score (nSPS) is 12.7. The van der Waals surface area contributed by atoms with E-state index in [1.807, 2.05) is 27.7 Å². The first-order valence-corrected chi connectivity index (χ1v) is 14.2. The van der Waals surface area contributed by atoms with E-state index >= 15 is 0 Å². The van der Waals surface area contributed by atoms with E-state index in [0.717, 1.165) is 20.6 Å². The zero-order valence-corrected chi connectivity index (χ0v) is 24.4. The number of carbonyl (C=O) groups is 2. The van der Waals surface area contributed by atoms with Crippen LogP contribution in [0.15, 0.2) is 40.9 Å². The molecule has 0 aliphatic heterocycles. The van der Waals surface area contributed by atoms with Crippen molar-refractivity contribution in [3.63, 3.8) is 0 Å². The number of nitrogens with one attached hydrogen (secondary N) is 1. The Kier molecular flexibility index (Phi) is 9.66. The molecule has 0 heterocycles. The Labute approximate surface area is 225 Å². The molecule has 1 N–H and O–H groups in total. The maximum absolute atomic E-state index is 13.6.